The summed E-state index contributed by atoms with van der Waals surface area (Å²) in [5.41, 5.74) is 0. The minimum absolute atomic E-state index is 0.0208. The largest absolute Gasteiger partial charge is 0.393 e. The van der Waals surface area contributed by atoms with Gasteiger partial charge in [-0.2, -0.15) is 0 Å². The lowest BCUT2D eigenvalue weighted by atomic mass is 9.75. The zero-order chi connectivity index (χ0) is 9.14. The van der Waals surface area contributed by atoms with E-state index >= 15 is 0 Å². The van der Waals surface area contributed by atoms with Crippen LogP contribution in [0.1, 0.15) is 33.1 Å². The van der Waals surface area contributed by atoms with Gasteiger partial charge in [0.15, 0.2) is 0 Å². The van der Waals surface area contributed by atoms with Crippen LogP contribution in [0.2, 0.25) is 0 Å². The third kappa shape index (κ3) is 2.07. The number of aldehydes is 1. The van der Waals surface area contributed by atoms with E-state index in [-0.39, 0.29) is 17.9 Å². The lowest BCUT2D eigenvalue weighted by Crippen LogP contribution is -2.33. The van der Waals surface area contributed by atoms with Gasteiger partial charge in [-0.15, -0.1) is 0 Å². The summed E-state index contributed by atoms with van der Waals surface area (Å²) in [5, 5.41) is 9.68. The van der Waals surface area contributed by atoms with Crippen LogP contribution in [0, 0.1) is 17.8 Å². The van der Waals surface area contributed by atoms with E-state index in [0.717, 1.165) is 25.5 Å². The van der Waals surface area contributed by atoms with Crippen LogP contribution in [0.3, 0.4) is 0 Å². The topological polar surface area (TPSA) is 37.3 Å². The summed E-state index contributed by atoms with van der Waals surface area (Å²) in [6, 6.07) is 0. The van der Waals surface area contributed by atoms with Crippen molar-refractivity contribution in [1.82, 2.24) is 0 Å². The first kappa shape index (κ1) is 9.72. The number of carbonyl (C=O) groups is 1. The first-order chi connectivity index (χ1) is 5.65. The Labute approximate surface area is 74.0 Å². The minimum Gasteiger partial charge on any atom is -0.393 e. The second kappa shape index (κ2) is 4.04. The Morgan fingerprint density at radius 2 is 2.17 bits per heavy atom. The summed E-state index contributed by atoms with van der Waals surface area (Å²) in [4.78, 5) is 10.5. The van der Waals surface area contributed by atoms with Gasteiger partial charge >= 0.3 is 0 Å². The van der Waals surface area contributed by atoms with Gasteiger partial charge in [-0.05, 0) is 24.7 Å². The molecular formula is C10H18O2. The Morgan fingerprint density at radius 1 is 1.50 bits per heavy atom. The molecular weight excluding hydrogens is 152 g/mol. The number of aliphatic hydroxyl groups excluding tert-OH is 1. The third-order valence-electron chi connectivity index (χ3n) is 3.02. The molecule has 2 heteroatoms. The highest BCUT2D eigenvalue weighted by Crippen LogP contribution is 2.32. The van der Waals surface area contributed by atoms with Gasteiger partial charge in [0.2, 0.25) is 0 Å². The first-order valence-corrected chi connectivity index (χ1v) is 4.78. The van der Waals surface area contributed by atoms with E-state index in [2.05, 4.69) is 6.92 Å². The van der Waals surface area contributed by atoms with E-state index in [9.17, 15) is 9.90 Å². The lowest BCUT2D eigenvalue weighted by Gasteiger charge is -2.33. The van der Waals surface area contributed by atoms with E-state index < -0.39 is 0 Å². The van der Waals surface area contributed by atoms with Crippen molar-refractivity contribution in [3.8, 4) is 0 Å². The van der Waals surface area contributed by atoms with Crippen molar-refractivity contribution in [3.05, 3.63) is 0 Å². The summed E-state index contributed by atoms with van der Waals surface area (Å²) in [5.74, 6) is 0.848. The zero-order valence-corrected chi connectivity index (χ0v) is 7.86. The summed E-state index contributed by atoms with van der Waals surface area (Å²) in [6.45, 7) is 4.06. The summed E-state index contributed by atoms with van der Waals surface area (Å²) in [7, 11) is 0. The highest BCUT2D eigenvalue weighted by atomic mass is 16.3. The molecule has 1 fully saturated rings. The van der Waals surface area contributed by atoms with Crippen LogP contribution in [-0.2, 0) is 4.79 Å². The SMILES string of the molecule is C[C@@H]1CC[C@@H]([C@@H](C)C=O)[C@H](O)C1. The average molecular weight is 170 g/mol. The molecule has 1 N–H and O–H groups in total. The number of carbonyl (C=O) groups excluding carboxylic acids is 1. The van der Waals surface area contributed by atoms with Crippen molar-refractivity contribution in [3.63, 3.8) is 0 Å². The average Bonchev–Trinajstić information content (AvgIpc) is 2.03. The molecule has 0 aromatic carbocycles. The van der Waals surface area contributed by atoms with Crippen molar-refractivity contribution in [2.75, 3.05) is 0 Å². The predicted molar refractivity (Wildman–Crippen MR) is 47.7 cm³/mol. The molecule has 1 aliphatic carbocycles. The fraction of sp³-hybridized carbons (Fsp3) is 0.900. The molecule has 0 bridgehead atoms. The third-order valence-corrected chi connectivity index (χ3v) is 3.02. The summed E-state index contributed by atoms with van der Waals surface area (Å²) < 4.78 is 0. The molecule has 2 nitrogen and oxygen atoms in total. The zero-order valence-electron chi connectivity index (χ0n) is 7.86. The molecule has 0 saturated heterocycles. The Balaban J connectivity index is 2.49. The number of aliphatic hydroxyl groups is 1. The van der Waals surface area contributed by atoms with Gasteiger partial charge in [0.1, 0.15) is 6.29 Å². The van der Waals surface area contributed by atoms with Crippen LogP contribution >= 0.6 is 0 Å². The predicted octanol–water partition coefficient (Wildman–Crippen LogP) is 1.62. The maximum atomic E-state index is 10.5. The Bertz CT molecular complexity index is 156. The van der Waals surface area contributed by atoms with Crippen LogP contribution in [0.15, 0.2) is 0 Å². The normalized spacial score (nSPS) is 39.1. The van der Waals surface area contributed by atoms with Gasteiger partial charge in [-0.3, -0.25) is 0 Å². The number of hydrogen-bond donors (Lipinski definition) is 1. The van der Waals surface area contributed by atoms with Crippen molar-refractivity contribution >= 4 is 6.29 Å². The quantitative estimate of drug-likeness (QED) is 0.639. The van der Waals surface area contributed by atoms with Crippen molar-refractivity contribution < 1.29 is 9.90 Å². The van der Waals surface area contributed by atoms with E-state index in [1.807, 2.05) is 6.92 Å². The van der Waals surface area contributed by atoms with Gasteiger partial charge < -0.3 is 9.90 Å². The van der Waals surface area contributed by atoms with Crippen LogP contribution in [0.4, 0.5) is 0 Å². The molecule has 0 aliphatic heterocycles. The second-order valence-electron chi connectivity index (χ2n) is 4.14. The Kier molecular flexibility index (Phi) is 3.27. The van der Waals surface area contributed by atoms with E-state index in [4.69, 9.17) is 0 Å². The molecule has 70 valence electrons. The van der Waals surface area contributed by atoms with Gasteiger partial charge in [-0.25, -0.2) is 0 Å². The van der Waals surface area contributed by atoms with E-state index in [1.165, 1.54) is 0 Å². The van der Waals surface area contributed by atoms with Crippen LogP contribution in [0.5, 0.6) is 0 Å². The minimum atomic E-state index is -0.256. The molecule has 0 aromatic rings. The molecule has 0 heterocycles. The van der Waals surface area contributed by atoms with Crippen molar-refractivity contribution in [2.45, 2.75) is 39.2 Å². The van der Waals surface area contributed by atoms with Gasteiger partial charge in [0, 0.05) is 5.92 Å². The summed E-state index contributed by atoms with van der Waals surface area (Å²) in [6.07, 6.45) is 3.73. The summed E-state index contributed by atoms with van der Waals surface area (Å²) >= 11 is 0. The maximum Gasteiger partial charge on any atom is 0.123 e. The molecule has 0 radical (unpaired) electrons. The molecule has 1 rings (SSSR count). The highest BCUT2D eigenvalue weighted by Gasteiger charge is 2.30. The first-order valence-electron chi connectivity index (χ1n) is 4.78. The smallest absolute Gasteiger partial charge is 0.123 e. The molecule has 0 aromatic heterocycles. The van der Waals surface area contributed by atoms with Gasteiger partial charge in [0.05, 0.1) is 6.10 Å². The standard InChI is InChI=1S/C10H18O2/c1-7-3-4-9(8(2)6-11)10(12)5-7/h6-10,12H,3-5H2,1-2H3/t7-,8+,9+,10-/m1/s1. The fourth-order valence-electron chi connectivity index (χ4n) is 2.09. The molecule has 4 atom stereocenters. The maximum absolute atomic E-state index is 10.5. The molecule has 0 unspecified atom stereocenters. The number of rotatable bonds is 2. The monoisotopic (exact) mass is 170 g/mol. The molecule has 0 amide bonds. The van der Waals surface area contributed by atoms with Crippen LogP contribution in [0.25, 0.3) is 0 Å². The van der Waals surface area contributed by atoms with Crippen molar-refractivity contribution in [2.24, 2.45) is 17.8 Å². The van der Waals surface area contributed by atoms with Crippen molar-refractivity contribution in [1.29, 1.82) is 0 Å². The van der Waals surface area contributed by atoms with E-state index in [1.54, 1.807) is 0 Å². The molecule has 12 heavy (non-hydrogen) atoms. The molecule has 1 aliphatic rings. The van der Waals surface area contributed by atoms with Gasteiger partial charge in [0.25, 0.3) is 0 Å². The Hall–Kier alpha value is -0.370. The van der Waals surface area contributed by atoms with Crippen LogP contribution in [-0.4, -0.2) is 17.5 Å². The second-order valence-corrected chi connectivity index (χ2v) is 4.14. The van der Waals surface area contributed by atoms with E-state index in [0.29, 0.717) is 5.92 Å². The molecule has 1 saturated carbocycles. The number of hydrogen-bond acceptors (Lipinski definition) is 2. The Morgan fingerprint density at radius 3 is 2.67 bits per heavy atom. The highest BCUT2D eigenvalue weighted by molar-refractivity contribution is 5.53. The lowest BCUT2D eigenvalue weighted by molar-refractivity contribution is -0.114. The fourth-order valence-corrected chi connectivity index (χ4v) is 2.09. The van der Waals surface area contributed by atoms with Gasteiger partial charge in [-0.1, -0.05) is 20.3 Å². The molecule has 0 spiro atoms. The van der Waals surface area contributed by atoms with Crippen LogP contribution < -0.4 is 0 Å².